The first kappa shape index (κ1) is 14.3. The van der Waals surface area contributed by atoms with Crippen LogP contribution in [-0.2, 0) is 0 Å². The molecule has 0 aliphatic carbocycles. The van der Waals surface area contributed by atoms with Gasteiger partial charge in [-0.25, -0.2) is 0 Å². The van der Waals surface area contributed by atoms with E-state index in [1.54, 1.807) is 0 Å². The quantitative estimate of drug-likeness (QED) is 0.349. The van der Waals surface area contributed by atoms with Gasteiger partial charge in [0.2, 0.25) is 5.75 Å². The van der Waals surface area contributed by atoms with Gasteiger partial charge < -0.3 is 4.74 Å². The Balaban J connectivity index is 3.04. The van der Waals surface area contributed by atoms with E-state index < -0.39 is 4.92 Å². The van der Waals surface area contributed by atoms with Crippen molar-refractivity contribution in [3.63, 3.8) is 0 Å². The van der Waals surface area contributed by atoms with Crippen molar-refractivity contribution in [2.75, 3.05) is 12.5 Å². The molecular weight excluding hydrogens is 333 g/mol. The predicted molar refractivity (Wildman–Crippen MR) is 71.2 cm³/mol. The van der Waals surface area contributed by atoms with E-state index in [4.69, 9.17) is 27.9 Å². The summed E-state index contributed by atoms with van der Waals surface area (Å²) in [6.45, 7) is 3.76. The summed E-state index contributed by atoms with van der Waals surface area (Å²) in [6, 6.07) is 2.75. The number of ether oxygens (including phenoxy) is 1. The van der Waals surface area contributed by atoms with Crippen LogP contribution >= 0.6 is 39.1 Å². The number of nitro groups is 1. The Bertz CT molecular complexity index is 465. The van der Waals surface area contributed by atoms with Gasteiger partial charge in [-0.05, 0) is 27.6 Å². The molecule has 0 spiro atoms. The minimum absolute atomic E-state index is 0.116. The molecular formula is C10H8BrCl2NO3. The molecule has 0 fully saturated rings. The van der Waals surface area contributed by atoms with Gasteiger partial charge in [-0.1, -0.05) is 18.2 Å². The number of benzene rings is 1. The molecule has 17 heavy (non-hydrogen) atoms. The summed E-state index contributed by atoms with van der Waals surface area (Å²) in [7, 11) is 0. The van der Waals surface area contributed by atoms with Crippen LogP contribution in [0.1, 0.15) is 0 Å². The first-order valence-electron chi connectivity index (χ1n) is 4.44. The Morgan fingerprint density at radius 1 is 1.59 bits per heavy atom. The molecule has 0 unspecified atom stereocenters. The zero-order valence-electron chi connectivity index (χ0n) is 8.58. The summed E-state index contributed by atoms with van der Waals surface area (Å²) in [5.74, 6) is 0.351. The van der Waals surface area contributed by atoms with Crippen LogP contribution in [0.15, 0.2) is 28.8 Å². The number of hydrogen-bond acceptors (Lipinski definition) is 3. The molecule has 0 radical (unpaired) electrons. The topological polar surface area (TPSA) is 52.4 Å². The molecule has 92 valence electrons. The van der Waals surface area contributed by atoms with E-state index in [-0.39, 0.29) is 28.9 Å². The molecule has 0 aromatic heterocycles. The Morgan fingerprint density at radius 3 is 2.76 bits per heavy atom. The highest BCUT2D eigenvalue weighted by atomic mass is 79.9. The lowest BCUT2D eigenvalue weighted by Crippen LogP contribution is -2.04. The van der Waals surface area contributed by atoms with Crippen molar-refractivity contribution in [1.82, 2.24) is 0 Å². The standard InChI is InChI=1S/C10H8BrCl2NO3/c1-6(4-12)5-17-10-8(11)2-7(13)3-9(10)14(15)16/h2-3H,1,4-5H2. The van der Waals surface area contributed by atoms with E-state index in [1.807, 2.05) is 0 Å². The molecule has 7 heteroatoms. The van der Waals surface area contributed by atoms with Crippen LogP contribution < -0.4 is 4.74 Å². The summed E-state index contributed by atoms with van der Waals surface area (Å²) in [5, 5.41) is 11.1. The molecule has 0 atom stereocenters. The van der Waals surface area contributed by atoms with Crippen LogP contribution in [0, 0.1) is 10.1 Å². The fraction of sp³-hybridized carbons (Fsp3) is 0.200. The lowest BCUT2D eigenvalue weighted by Gasteiger charge is -2.09. The van der Waals surface area contributed by atoms with E-state index in [1.165, 1.54) is 12.1 Å². The number of nitrogens with zero attached hydrogens (tertiary/aromatic N) is 1. The van der Waals surface area contributed by atoms with Gasteiger partial charge >= 0.3 is 5.69 Å². The third kappa shape index (κ3) is 3.87. The fourth-order valence-electron chi connectivity index (χ4n) is 1.04. The molecule has 0 bridgehead atoms. The second-order valence-electron chi connectivity index (χ2n) is 3.17. The minimum atomic E-state index is -0.560. The van der Waals surface area contributed by atoms with E-state index >= 15 is 0 Å². The molecule has 0 saturated carbocycles. The van der Waals surface area contributed by atoms with E-state index in [0.717, 1.165) is 0 Å². The van der Waals surface area contributed by atoms with Crippen LogP contribution in [0.2, 0.25) is 5.02 Å². The van der Waals surface area contributed by atoms with Crippen LogP contribution in [-0.4, -0.2) is 17.4 Å². The highest BCUT2D eigenvalue weighted by Crippen LogP contribution is 2.38. The van der Waals surface area contributed by atoms with E-state index in [9.17, 15) is 10.1 Å². The van der Waals surface area contributed by atoms with Gasteiger partial charge in [0.25, 0.3) is 0 Å². The molecule has 1 aromatic carbocycles. The van der Waals surface area contributed by atoms with Gasteiger partial charge in [0, 0.05) is 17.0 Å². The van der Waals surface area contributed by atoms with Crippen LogP contribution in [0.5, 0.6) is 5.75 Å². The molecule has 0 amide bonds. The summed E-state index contributed by atoms with van der Waals surface area (Å²) in [6.07, 6.45) is 0. The Kier molecular flexibility index (Phi) is 5.24. The molecule has 0 heterocycles. The van der Waals surface area contributed by atoms with Gasteiger partial charge in [-0.3, -0.25) is 10.1 Å². The monoisotopic (exact) mass is 339 g/mol. The molecule has 4 nitrogen and oxygen atoms in total. The highest BCUT2D eigenvalue weighted by molar-refractivity contribution is 9.10. The first-order chi connectivity index (χ1) is 7.95. The maximum absolute atomic E-state index is 10.8. The lowest BCUT2D eigenvalue weighted by molar-refractivity contribution is -0.385. The van der Waals surface area contributed by atoms with E-state index in [2.05, 4.69) is 22.5 Å². The van der Waals surface area contributed by atoms with Crippen molar-refractivity contribution in [2.24, 2.45) is 0 Å². The Labute approximate surface area is 116 Å². The van der Waals surface area contributed by atoms with Gasteiger partial charge in [0.1, 0.15) is 6.61 Å². The largest absolute Gasteiger partial charge is 0.481 e. The summed E-state index contributed by atoms with van der Waals surface area (Å²) < 4.78 is 5.72. The van der Waals surface area contributed by atoms with Crippen molar-refractivity contribution in [3.8, 4) is 5.75 Å². The average Bonchev–Trinajstić information content (AvgIpc) is 2.26. The smallest absolute Gasteiger partial charge is 0.313 e. The number of rotatable bonds is 5. The Hall–Kier alpha value is -0.780. The molecule has 1 aromatic rings. The molecule has 0 saturated heterocycles. The second kappa shape index (κ2) is 6.23. The zero-order valence-corrected chi connectivity index (χ0v) is 11.7. The number of halogens is 3. The van der Waals surface area contributed by atoms with Crippen LogP contribution in [0.25, 0.3) is 0 Å². The maximum Gasteiger partial charge on any atom is 0.313 e. The maximum atomic E-state index is 10.8. The van der Waals surface area contributed by atoms with Gasteiger partial charge in [-0.15, -0.1) is 11.6 Å². The average molecular weight is 341 g/mol. The van der Waals surface area contributed by atoms with Crippen molar-refractivity contribution >= 4 is 44.8 Å². The third-order valence-corrected chi connectivity index (χ3v) is 2.98. The number of nitro benzene ring substituents is 1. The summed E-state index contributed by atoms with van der Waals surface area (Å²) >= 11 is 14.4. The fourth-order valence-corrected chi connectivity index (χ4v) is 2.02. The first-order valence-corrected chi connectivity index (χ1v) is 6.15. The van der Waals surface area contributed by atoms with Gasteiger partial charge in [0.15, 0.2) is 0 Å². The molecule has 0 aliphatic rings. The SMILES string of the molecule is C=C(CCl)COc1c(Br)cc(Cl)cc1[N+](=O)[O-]. The van der Waals surface area contributed by atoms with Crippen molar-refractivity contribution in [3.05, 3.63) is 43.9 Å². The summed E-state index contributed by atoms with van der Waals surface area (Å²) in [5.41, 5.74) is 0.426. The minimum Gasteiger partial charge on any atom is -0.481 e. The molecule has 1 rings (SSSR count). The van der Waals surface area contributed by atoms with E-state index in [0.29, 0.717) is 10.0 Å². The predicted octanol–water partition coefficient (Wildman–Crippen LogP) is 4.18. The molecule has 0 N–H and O–H groups in total. The van der Waals surface area contributed by atoms with Crippen molar-refractivity contribution < 1.29 is 9.66 Å². The van der Waals surface area contributed by atoms with Crippen LogP contribution in [0.4, 0.5) is 5.69 Å². The molecule has 0 aliphatic heterocycles. The van der Waals surface area contributed by atoms with Crippen molar-refractivity contribution in [2.45, 2.75) is 0 Å². The normalized spacial score (nSPS) is 10.1. The number of alkyl halides is 1. The highest BCUT2D eigenvalue weighted by Gasteiger charge is 2.20. The Morgan fingerprint density at radius 2 is 2.24 bits per heavy atom. The van der Waals surface area contributed by atoms with Crippen LogP contribution in [0.3, 0.4) is 0 Å². The van der Waals surface area contributed by atoms with Gasteiger partial charge in [-0.2, -0.15) is 0 Å². The van der Waals surface area contributed by atoms with Gasteiger partial charge in [0.05, 0.1) is 9.40 Å². The number of hydrogen-bond donors (Lipinski definition) is 0. The second-order valence-corrected chi connectivity index (χ2v) is 4.72. The third-order valence-electron chi connectivity index (χ3n) is 1.80. The zero-order chi connectivity index (χ0) is 13.0. The lowest BCUT2D eigenvalue weighted by atomic mass is 10.3. The van der Waals surface area contributed by atoms with Crippen molar-refractivity contribution in [1.29, 1.82) is 0 Å². The summed E-state index contributed by atoms with van der Waals surface area (Å²) in [4.78, 5) is 10.3.